The summed E-state index contributed by atoms with van der Waals surface area (Å²) in [7, 11) is 3.04. The number of hydrogen-bond acceptors (Lipinski definition) is 5. The maximum atomic E-state index is 12.9. The van der Waals surface area contributed by atoms with Crippen molar-refractivity contribution in [3.8, 4) is 11.5 Å². The summed E-state index contributed by atoms with van der Waals surface area (Å²) < 4.78 is 10.5. The molecule has 1 fully saturated rings. The van der Waals surface area contributed by atoms with Crippen LogP contribution in [-0.2, 0) is 16.0 Å². The number of nitrogens with one attached hydrogen (secondary N) is 1. The van der Waals surface area contributed by atoms with E-state index < -0.39 is 6.04 Å². The Morgan fingerprint density at radius 3 is 2.58 bits per heavy atom. The van der Waals surface area contributed by atoms with Gasteiger partial charge >= 0.3 is 0 Å². The number of imide groups is 1. The van der Waals surface area contributed by atoms with Gasteiger partial charge in [-0.1, -0.05) is 25.1 Å². The highest BCUT2D eigenvalue weighted by Crippen LogP contribution is 2.35. The van der Waals surface area contributed by atoms with E-state index in [4.69, 9.17) is 9.47 Å². The van der Waals surface area contributed by atoms with Crippen LogP contribution in [0.5, 0.6) is 11.5 Å². The predicted octanol–water partition coefficient (Wildman–Crippen LogP) is 3.01. The third-order valence-corrected chi connectivity index (χ3v) is 4.50. The summed E-state index contributed by atoms with van der Waals surface area (Å²) in [5, 5.41) is 3.22. The number of benzene rings is 2. The van der Waals surface area contributed by atoms with E-state index in [-0.39, 0.29) is 18.2 Å². The van der Waals surface area contributed by atoms with Crippen molar-refractivity contribution in [1.82, 2.24) is 0 Å². The first-order chi connectivity index (χ1) is 12.6. The van der Waals surface area contributed by atoms with E-state index in [0.717, 1.165) is 17.7 Å². The van der Waals surface area contributed by atoms with Crippen molar-refractivity contribution in [2.45, 2.75) is 25.8 Å². The highest BCUT2D eigenvalue weighted by molar-refractivity contribution is 6.23. The summed E-state index contributed by atoms with van der Waals surface area (Å²) >= 11 is 0. The molecule has 0 aliphatic carbocycles. The molecule has 1 N–H and O–H groups in total. The molecule has 0 bridgehead atoms. The Hall–Kier alpha value is -3.02. The summed E-state index contributed by atoms with van der Waals surface area (Å²) in [6.07, 6.45) is 0.945. The van der Waals surface area contributed by atoms with Crippen molar-refractivity contribution in [1.29, 1.82) is 0 Å². The molecule has 1 atom stereocenters. The van der Waals surface area contributed by atoms with Gasteiger partial charge in [0.1, 0.15) is 17.5 Å². The number of nitrogens with zero attached hydrogens (tertiary/aromatic N) is 1. The molecule has 1 saturated heterocycles. The first-order valence-electron chi connectivity index (χ1n) is 8.52. The van der Waals surface area contributed by atoms with Gasteiger partial charge in [0.15, 0.2) is 0 Å². The largest absolute Gasteiger partial charge is 0.497 e. The lowest BCUT2D eigenvalue weighted by atomic mass is 10.1. The Morgan fingerprint density at radius 2 is 1.88 bits per heavy atom. The van der Waals surface area contributed by atoms with Crippen LogP contribution in [0.15, 0.2) is 42.5 Å². The molecule has 2 aromatic carbocycles. The zero-order valence-electron chi connectivity index (χ0n) is 15.1. The molecule has 0 radical (unpaired) electrons. The Kier molecular flexibility index (Phi) is 5.11. The molecule has 1 aliphatic rings. The average Bonchev–Trinajstić information content (AvgIpc) is 2.94. The summed E-state index contributed by atoms with van der Waals surface area (Å²) in [6.45, 7) is 2.05. The van der Waals surface area contributed by atoms with Gasteiger partial charge in [0, 0.05) is 11.8 Å². The molecule has 136 valence electrons. The highest BCUT2D eigenvalue weighted by atomic mass is 16.5. The number of anilines is 2. The Balaban J connectivity index is 1.88. The zero-order valence-corrected chi connectivity index (χ0v) is 15.1. The number of rotatable bonds is 6. The van der Waals surface area contributed by atoms with Crippen molar-refractivity contribution in [3.63, 3.8) is 0 Å². The van der Waals surface area contributed by atoms with Crippen molar-refractivity contribution in [2.75, 3.05) is 24.4 Å². The standard InChI is InChI=1S/C20H22N2O4/c1-4-13-7-5-6-8-15(13)21-16-12-19(23)22(20(16)24)17-10-9-14(25-2)11-18(17)26-3/h5-11,16,21H,4,12H2,1-3H3/t16-/m1/s1. The minimum absolute atomic E-state index is 0.103. The third kappa shape index (κ3) is 3.22. The van der Waals surface area contributed by atoms with Gasteiger partial charge < -0.3 is 14.8 Å². The molecule has 0 unspecified atom stereocenters. The fourth-order valence-corrected chi connectivity index (χ4v) is 3.12. The molecule has 0 aromatic heterocycles. The van der Waals surface area contributed by atoms with E-state index in [1.54, 1.807) is 25.3 Å². The quantitative estimate of drug-likeness (QED) is 0.808. The third-order valence-electron chi connectivity index (χ3n) is 4.50. The van der Waals surface area contributed by atoms with Gasteiger partial charge in [-0.05, 0) is 30.2 Å². The second kappa shape index (κ2) is 7.47. The lowest BCUT2D eigenvalue weighted by Gasteiger charge is -2.19. The molecule has 6 nitrogen and oxygen atoms in total. The second-order valence-electron chi connectivity index (χ2n) is 6.02. The number of methoxy groups -OCH3 is 2. The van der Waals surface area contributed by atoms with Crippen molar-refractivity contribution >= 4 is 23.2 Å². The number of aryl methyl sites for hydroxylation is 1. The molecule has 2 aromatic rings. The summed E-state index contributed by atoms with van der Waals surface area (Å²) in [5.74, 6) is 0.464. The van der Waals surface area contributed by atoms with Crippen LogP contribution in [-0.4, -0.2) is 32.1 Å². The number of ether oxygens (including phenoxy) is 2. The zero-order chi connectivity index (χ0) is 18.7. The normalized spacial score (nSPS) is 16.7. The van der Waals surface area contributed by atoms with Gasteiger partial charge in [-0.25, -0.2) is 4.90 Å². The van der Waals surface area contributed by atoms with E-state index >= 15 is 0 Å². The SMILES string of the molecule is CCc1ccccc1N[C@@H]1CC(=O)N(c2ccc(OC)cc2OC)C1=O. The minimum atomic E-state index is -0.595. The van der Waals surface area contributed by atoms with Crippen LogP contribution >= 0.6 is 0 Å². The van der Waals surface area contributed by atoms with Gasteiger partial charge in [-0.15, -0.1) is 0 Å². The fraction of sp³-hybridized carbons (Fsp3) is 0.300. The molecule has 1 aliphatic heterocycles. The molecule has 2 amide bonds. The number of amides is 2. The lowest BCUT2D eigenvalue weighted by molar-refractivity contribution is -0.121. The van der Waals surface area contributed by atoms with E-state index in [1.165, 1.54) is 12.0 Å². The van der Waals surface area contributed by atoms with Gasteiger partial charge in [0.05, 0.1) is 26.3 Å². The van der Waals surface area contributed by atoms with E-state index in [1.807, 2.05) is 24.3 Å². The van der Waals surface area contributed by atoms with E-state index in [9.17, 15) is 9.59 Å². The Bertz CT molecular complexity index is 834. The number of carbonyl (C=O) groups excluding carboxylic acids is 2. The topological polar surface area (TPSA) is 67.9 Å². The monoisotopic (exact) mass is 354 g/mol. The van der Waals surface area contributed by atoms with Gasteiger partial charge in [-0.3, -0.25) is 9.59 Å². The fourth-order valence-electron chi connectivity index (χ4n) is 3.12. The Morgan fingerprint density at radius 1 is 1.12 bits per heavy atom. The second-order valence-corrected chi connectivity index (χ2v) is 6.02. The van der Waals surface area contributed by atoms with Gasteiger partial charge in [-0.2, -0.15) is 0 Å². The average molecular weight is 354 g/mol. The van der Waals surface area contributed by atoms with Crippen molar-refractivity contribution < 1.29 is 19.1 Å². The van der Waals surface area contributed by atoms with Crippen LogP contribution in [0.4, 0.5) is 11.4 Å². The number of carbonyl (C=O) groups is 2. The van der Waals surface area contributed by atoms with E-state index in [2.05, 4.69) is 12.2 Å². The van der Waals surface area contributed by atoms with Crippen LogP contribution in [0, 0.1) is 0 Å². The lowest BCUT2D eigenvalue weighted by Crippen LogP contribution is -2.35. The molecule has 0 spiro atoms. The number of hydrogen-bond donors (Lipinski definition) is 1. The summed E-state index contributed by atoms with van der Waals surface area (Å²) in [5.41, 5.74) is 2.41. The van der Waals surface area contributed by atoms with Crippen LogP contribution < -0.4 is 19.7 Å². The molecular weight excluding hydrogens is 332 g/mol. The van der Waals surface area contributed by atoms with Crippen LogP contribution in [0.3, 0.4) is 0 Å². The number of para-hydroxylation sites is 1. The predicted molar refractivity (Wildman–Crippen MR) is 99.9 cm³/mol. The summed E-state index contributed by atoms with van der Waals surface area (Å²) in [6, 6.07) is 12.2. The van der Waals surface area contributed by atoms with Crippen molar-refractivity contribution in [2.24, 2.45) is 0 Å². The molecule has 0 saturated carbocycles. The first-order valence-corrected chi connectivity index (χ1v) is 8.52. The maximum Gasteiger partial charge on any atom is 0.256 e. The van der Waals surface area contributed by atoms with E-state index in [0.29, 0.717) is 17.2 Å². The molecule has 1 heterocycles. The maximum absolute atomic E-state index is 12.9. The van der Waals surface area contributed by atoms with Crippen LogP contribution in [0.25, 0.3) is 0 Å². The highest BCUT2D eigenvalue weighted by Gasteiger charge is 2.41. The molecule has 26 heavy (non-hydrogen) atoms. The minimum Gasteiger partial charge on any atom is -0.497 e. The van der Waals surface area contributed by atoms with Crippen molar-refractivity contribution in [3.05, 3.63) is 48.0 Å². The Labute approximate surface area is 152 Å². The molecular formula is C20H22N2O4. The van der Waals surface area contributed by atoms with Gasteiger partial charge in [0.25, 0.3) is 5.91 Å². The van der Waals surface area contributed by atoms with Crippen LogP contribution in [0.2, 0.25) is 0 Å². The van der Waals surface area contributed by atoms with Gasteiger partial charge in [0.2, 0.25) is 5.91 Å². The molecule has 3 rings (SSSR count). The first kappa shape index (κ1) is 17.8. The summed E-state index contributed by atoms with van der Waals surface area (Å²) in [4.78, 5) is 26.6. The molecule has 6 heteroatoms. The van der Waals surface area contributed by atoms with Crippen LogP contribution in [0.1, 0.15) is 18.9 Å². The smallest absolute Gasteiger partial charge is 0.256 e.